The van der Waals surface area contributed by atoms with Crippen LogP contribution in [0.1, 0.15) is 30.6 Å². The molecule has 0 fully saturated rings. The van der Waals surface area contributed by atoms with Crippen LogP contribution in [0.4, 0.5) is 0 Å². The molecule has 1 aliphatic rings. The molecular formula is C19H29IN6O. The zero-order valence-corrected chi connectivity index (χ0v) is 18.7. The van der Waals surface area contributed by atoms with E-state index in [9.17, 15) is 0 Å². The first-order chi connectivity index (χ1) is 12.5. The molecule has 0 bridgehead atoms. The highest BCUT2D eigenvalue weighted by molar-refractivity contribution is 14.0. The van der Waals surface area contributed by atoms with Crippen LogP contribution in [0.15, 0.2) is 29.3 Å². The Bertz CT molecular complexity index is 758. The Balaban J connectivity index is 0.00000261. The average Bonchev–Trinajstić information content (AvgIpc) is 2.99. The van der Waals surface area contributed by atoms with E-state index in [1.54, 1.807) is 7.05 Å². The Labute approximate surface area is 178 Å². The lowest BCUT2D eigenvalue weighted by Crippen LogP contribution is -2.48. The summed E-state index contributed by atoms with van der Waals surface area (Å²) in [5.41, 5.74) is 1.23. The molecule has 3 rings (SSSR count). The third-order valence-electron chi connectivity index (χ3n) is 4.44. The van der Waals surface area contributed by atoms with E-state index < -0.39 is 0 Å². The van der Waals surface area contributed by atoms with Gasteiger partial charge in [0.2, 0.25) is 0 Å². The maximum absolute atomic E-state index is 5.94. The van der Waals surface area contributed by atoms with Crippen LogP contribution < -0.4 is 15.4 Å². The smallest absolute Gasteiger partial charge is 0.191 e. The third kappa shape index (κ3) is 6.08. The molecule has 7 nitrogen and oxygen atoms in total. The molecule has 2 aromatic rings. The molecule has 1 aliphatic heterocycles. The van der Waals surface area contributed by atoms with Gasteiger partial charge in [0, 0.05) is 19.5 Å². The highest BCUT2D eigenvalue weighted by atomic mass is 127. The standard InChI is InChI=1S/C19H28N6O.HI/c1-13-5-8-17(9-6-13)26-14(2)11-21-19(20-4)23-16-7-10-18-22-15(3)24-25(18)12-16;/h5-6,8-9,14,16H,7,10-12H2,1-4H3,(H2,20,21,23);1H. The molecule has 0 saturated heterocycles. The van der Waals surface area contributed by atoms with E-state index in [1.165, 1.54) is 5.56 Å². The second-order valence-electron chi connectivity index (χ2n) is 6.83. The van der Waals surface area contributed by atoms with Crippen molar-refractivity contribution in [3.8, 4) is 5.75 Å². The van der Waals surface area contributed by atoms with Crippen molar-refractivity contribution in [2.75, 3.05) is 13.6 Å². The maximum atomic E-state index is 5.94. The summed E-state index contributed by atoms with van der Waals surface area (Å²) in [5, 5.41) is 11.3. The van der Waals surface area contributed by atoms with Gasteiger partial charge in [-0.25, -0.2) is 9.67 Å². The van der Waals surface area contributed by atoms with Crippen molar-refractivity contribution in [3.63, 3.8) is 0 Å². The molecule has 2 unspecified atom stereocenters. The number of nitrogens with one attached hydrogen (secondary N) is 2. The molecule has 148 valence electrons. The molecule has 0 spiro atoms. The van der Waals surface area contributed by atoms with Gasteiger partial charge < -0.3 is 15.4 Å². The first kappa shape index (κ1) is 21.5. The lowest BCUT2D eigenvalue weighted by molar-refractivity contribution is 0.223. The second-order valence-corrected chi connectivity index (χ2v) is 6.83. The molecule has 2 atom stereocenters. The molecule has 2 N–H and O–H groups in total. The van der Waals surface area contributed by atoms with Gasteiger partial charge in [0.1, 0.15) is 23.5 Å². The molecule has 0 radical (unpaired) electrons. The summed E-state index contributed by atoms with van der Waals surface area (Å²) >= 11 is 0. The Morgan fingerprint density at radius 1 is 1.33 bits per heavy atom. The number of nitrogens with zero attached hydrogens (tertiary/aromatic N) is 4. The molecule has 8 heteroatoms. The number of rotatable bonds is 5. The molecular weight excluding hydrogens is 455 g/mol. The number of fused-ring (bicyclic) bond motifs is 1. The van der Waals surface area contributed by atoms with Crippen molar-refractivity contribution < 1.29 is 4.74 Å². The summed E-state index contributed by atoms with van der Waals surface area (Å²) in [4.78, 5) is 8.78. The highest BCUT2D eigenvalue weighted by Crippen LogP contribution is 2.14. The Hall–Kier alpha value is -1.84. The predicted octanol–water partition coefficient (Wildman–Crippen LogP) is 2.46. The van der Waals surface area contributed by atoms with E-state index in [1.807, 2.05) is 30.7 Å². The lowest BCUT2D eigenvalue weighted by atomic mass is 10.1. The van der Waals surface area contributed by atoms with Gasteiger partial charge in [-0.3, -0.25) is 4.99 Å². The third-order valence-corrected chi connectivity index (χ3v) is 4.44. The molecule has 1 aromatic carbocycles. The minimum atomic E-state index is 0. The molecule has 27 heavy (non-hydrogen) atoms. The van der Waals surface area contributed by atoms with Crippen LogP contribution >= 0.6 is 24.0 Å². The molecule has 0 amide bonds. The van der Waals surface area contributed by atoms with Crippen LogP contribution in [0.25, 0.3) is 0 Å². The SMILES string of the molecule is CN=C(NCC(C)Oc1ccc(C)cc1)NC1CCc2nc(C)nn2C1.I. The Kier molecular flexibility index (Phi) is 7.88. The van der Waals surface area contributed by atoms with E-state index in [4.69, 9.17) is 4.74 Å². The van der Waals surface area contributed by atoms with Crippen molar-refractivity contribution >= 4 is 29.9 Å². The Morgan fingerprint density at radius 3 is 2.78 bits per heavy atom. The minimum absolute atomic E-state index is 0. The summed E-state index contributed by atoms with van der Waals surface area (Å²) in [6, 6.07) is 8.40. The number of hydrogen-bond acceptors (Lipinski definition) is 4. The van der Waals surface area contributed by atoms with Crippen molar-refractivity contribution in [3.05, 3.63) is 41.5 Å². The normalized spacial score (nSPS) is 17.5. The van der Waals surface area contributed by atoms with Gasteiger partial charge in [-0.05, 0) is 39.3 Å². The van der Waals surface area contributed by atoms with Crippen molar-refractivity contribution in [2.24, 2.45) is 4.99 Å². The Morgan fingerprint density at radius 2 is 2.07 bits per heavy atom. The van der Waals surface area contributed by atoms with Gasteiger partial charge in [-0.1, -0.05) is 17.7 Å². The van der Waals surface area contributed by atoms with Crippen molar-refractivity contribution in [1.29, 1.82) is 0 Å². The molecule has 0 saturated carbocycles. The molecule has 1 aromatic heterocycles. The first-order valence-corrected chi connectivity index (χ1v) is 9.14. The fourth-order valence-corrected chi connectivity index (χ4v) is 3.07. The van der Waals surface area contributed by atoms with Gasteiger partial charge in [-0.2, -0.15) is 5.10 Å². The molecule has 0 aliphatic carbocycles. The van der Waals surface area contributed by atoms with Gasteiger partial charge in [-0.15, -0.1) is 24.0 Å². The fourth-order valence-electron chi connectivity index (χ4n) is 3.07. The first-order valence-electron chi connectivity index (χ1n) is 9.14. The van der Waals surface area contributed by atoms with E-state index in [-0.39, 0.29) is 30.1 Å². The van der Waals surface area contributed by atoms with E-state index in [0.29, 0.717) is 12.6 Å². The van der Waals surface area contributed by atoms with Crippen molar-refractivity contribution in [1.82, 2.24) is 25.4 Å². The van der Waals surface area contributed by atoms with Gasteiger partial charge in [0.25, 0.3) is 0 Å². The zero-order chi connectivity index (χ0) is 18.5. The number of benzene rings is 1. The number of ether oxygens (including phenoxy) is 1. The van der Waals surface area contributed by atoms with E-state index >= 15 is 0 Å². The van der Waals surface area contributed by atoms with Crippen LogP contribution in [-0.2, 0) is 13.0 Å². The summed E-state index contributed by atoms with van der Waals surface area (Å²) in [6.07, 6.45) is 1.99. The summed E-state index contributed by atoms with van der Waals surface area (Å²) in [6.45, 7) is 7.54. The van der Waals surface area contributed by atoms with Crippen LogP contribution in [-0.4, -0.2) is 46.5 Å². The predicted molar refractivity (Wildman–Crippen MR) is 118 cm³/mol. The van der Waals surface area contributed by atoms with Gasteiger partial charge in [0.05, 0.1) is 13.1 Å². The fraction of sp³-hybridized carbons (Fsp3) is 0.526. The second kappa shape index (κ2) is 9.91. The topological polar surface area (TPSA) is 76.4 Å². The number of aromatic nitrogens is 3. The summed E-state index contributed by atoms with van der Waals surface area (Å²) in [7, 11) is 1.79. The van der Waals surface area contributed by atoms with Crippen LogP contribution in [0.2, 0.25) is 0 Å². The lowest BCUT2D eigenvalue weighted by Gasteiger charge is -2.26. The van der Waals surface area contributed by atoms with E-state index in [0.717, 1.165) is 42.7 Å². The molecule has 2 heterocycles. The van der Waals surface area contributed by atoms with Crippen LogP contribution in [0, 0.1) is 13.8 Å². The highest BCUT2D eigenvalue weighted by Gasteiger charge is 2.21. The summed E-state index contributed by atoms with van der Waals surface area (Å²) in [5.74, 6) is 3.58. The number of aliphatic imine (C=N–C) groups is 1. The van der Waals surface area contributed by atoms with Gasteiger partial charge >= 0.3 is 0 Å². The average molecular weight is 484 g/mol. The largest absolute Gasteiger partial charge is 0.489 e. The zero-order valence-electron chi connectivity index (χ0n) is 16.4. The minimum Gasteiger partial charge on any atom is -0.489 e. The van der Waals surface area contributed by atoms with Crippen LogP contribution in [0.3, 0.4) is 0 Å². The number of guanidine groups is 1. The number of hydrogen-bond donors (Lipinski definition) is 2. The summed E-state index contributed by atoms with van der Waals surface area (Å²) < 4.78 is 7.93. The van der Waals surface area contributed by atoms with Crippen molar-refractivity contribution in [2.45, 2.75) is 52.3 Å². The quantitative estimate of drug-likeness (QED) is 0.388. The van der Waals surface area contributed by atoms with Gasteiger partial charge in [0.15, 0.2) is 5.96 Å². The number of aryl methyl sites for hydroxylation is 3. The van der Waals surface area contributed by atoms with Crippen LogP contribution in [0.5, 0.6) is 5.75 Å². The van der Waals surface area contributed by atoms with E-state index in [2.05, 4.69) is 44.8 Å². The maximum Gasteiger partial charge on any atom is 0.191 e. The monoisotopic (exact) mass is 484 g/mol. The number of halogens is 1.